The van der Waals surface area contributed by atoms with Gasteiger partial charge in [0, 0.05) is 29.9 Å². The summed E-state index contributed by atoms with van der Waals surface area (Å²) in [4.78, 5) is 60.0. The second-order valence-electron chi connectivity index (χ2n) is 6.83. The minimum Gasteiger partial charge on any atom is -0.462 e. The molecule has 0 aliphatic carbocycles. The van der Waals surface area contributed by atoms with Crippen LogP contribution >= 0.6 is 11.8 Å². The fourth-order valence-corrected chi connectivity index (χ4v) is 3.91. The molecule has 1 heterocycles. The number of thioether (sulfide) groups is 1. The number of carbonyl (C=O) groups excluding carboxylic acids is 4. The van der Waals surface area contributed by atoms with Crippen LogP contribution < -0.4 is 10.6 Å². The normalized spacial score (nSPS) is 15.3. The van der Waals surface area contributed by atoms with Crippen LogP contribution in [0.2, 0.25) is 0 Å². The van der Waals surface area contributed by atoms with E-state index in [0.717, 1.165) is 16.7 Å². The maximum atomic E-state index is 12.6. The molecular weight excluding hydrogens is 452 g/mol. The number of rotatable bonds is 9. The van der Waals surface area contributed by atoms with Gasteiger partial charge in [-0.3, -0.25) is 29.4 Å². The number of amides is 3. The van der Waals surface area contributed by atoms with E-state index in [0.29, 0.717) is 16.9 Å². The molecule has 33 heavy (non-hydrogen) atoms. The van der Waals surface area contributed by atoms with E-state index < -0.39 is 33.2 Å². The SMILES string of the molecule is CCOC(=O)c1ccc(NC(=O)CC2SC(=O)N(CNc3ccc([N+](=O)[O-])cc3)C2=O)cc1. The van der Waals surface area contributed by atoms with Crippen LogP contribution in [0.4, 0.5) is 21.9 Å². The highest BCUT2D eigenvalue weighted by Crippen LogP contribution is 2.29. The molecule has 0 bridgehead atoms. The number of nitro benzene ring substituents is 1. The lowest BCUT2D eigenvalue weighted by Crippen LogP contribution is -2.36. The molecule has 1 unspecified atom stereocenters. The van der Waals surface area contributed by atoms with E-state index in [9.17, 15) is 29.3 Å². The van der Waals surface area contributed by atoms with Crippen LogP contribution in [0.5, 0.6) is 0 Å². The van der Waals surface area contributed by atoms with Crippen molar-refractivity contribution in [3.63, 3.8) is 0 Å². The Labute approximate surface area is 192 Å². The molecule has 3 rings (SSSR count). The van der Waals surface area contributed by atoms with E-state index >= 15 is 0 Å². The molecule has 1 aliphatic rings. The van der Waals surface area contributed by atoms with Crippen LogP contribution in [-0.2, 0) is 14.3 Å². The van der Waals surface area contributed by atoms with E-state index in [2.05, 4.69) is 10.6 Å². The number of hydrogen-bond donors (Lipinski definition) is 2. The van der Waals surface area contributed by atoms with Crippen molar-refractivity contribution < 1.29 is 28.8 Å². The number of nitro groups is 1. The van der Waals surface area contributed by atoms with Crippen LogP contribution in [0.1, 0.15) is 23.7 Å². The van der Waals surface area contributed by atoms with E-state index in [1.54, 1.807) is 19.1 Å². The highest BCUT2D eigenvalue weighted by atomic mass is 32.2. The predicted molar refractivity (Wildman–Crippen MR) is 121 cm³/mol. The third-order valence-electron chi connectivity index (χ3n) is 4.57. The predicted octanol–water partition coefficient (Wildman–Crippen LogP) is 3.23. The average molecular weight is 472 g/mol. The molecule has 1 saturated heterocycles. The highest BCUT2D eigenvalue weighted by molar-refractivity contribution is 8.15. The molecule has 1 fully saturated rings. The first kappa shape index (κ1) is 23.7. The lowest BCUT2D eigenvalue weighted by atomic mass is 10.2. The van der Waals surface area contributed by atoms with Gasteiger partial charge < -0.3 is 15.4 Å². The maximum absolute atomic E-state index is 12.6. The standard InChI is InChI=1S/C21H20N4O7S/c1-2-32-20(28)13-3-5-15(6-4-13)23-18(26)11-17-19(27)24(21(29)33-17)12-22-14-7-9-16(10-8-14)25(30)31/h3-10,17,22H,2,11-12H2,1H3,(H,23,26). The Kier molecular flexibility index (Phi) is 7.61. The van der Waals surface area contributed by atoms with Crippen molar-refractivity contribution in [2.75, 3.05) is 23.9 Å². The van der Waals surface area contributed by atoms with Gasteiger partial charge >= 0.3 is 5.97 Å². The summed E-state index contributed by atoms with van der Waals surface area (Å²) < 4.78 is 4.90. The molecule has 1 aliphatic heterocycles. The van der Waals surface area contributed by atoms with Crippen molar-refractivity contribution in [3.8, 4) is 0 Å². The van der Waals surface area contributed by atoms with Crippen molar-refractivity contribution in [2.24, 2.45) is 0 Å². The van der Waals surface area contributed by atoms with Gasteiger partial charge in [0.1, 0.15) is 5.25 Å². The van der Waals surface area contributed by atoms with Gasteiger partial charge in [0.2, 0.25) is 11.8 Å². The van der Waals surface area contributed by atoms with Crippen molar-refractivity contribution in [1.82, 2.24) is 4.90 Å². The second kappa shape index (κ2) is 10.6. The van der Waals surface area contributed by atoms with Gasteiger partial charge in [-0.15, -0.1) is 0 Å². The quantitative estimate of drug-likeness (QED) is 0.319. The summed E-state index contributed by atoms with van der Waals surface area (Å²) >= 11 is 0.760. The molecule has 3 amide bonds. The number of anilines is 2. The molecule has 2 N–H and O–H groups in total. The van der Waals surface area contributed by atoms with Crippen LogP contribution in [-0.4, -0.2) is 51.4 Å². The number of esters is 1. The van der Waals surface area contributed by atoms with E-state index in [4.69, 9.17) is 4.74 Å². The third-order valence-corrected chi connectivity index (χ3v) is 5.65. The Morgan fingerprint density at radius 3 is 2.33 bits per heavy atom. The molecule has 11 nitrogen and oxygen atoms in total. The Morgan fingerprint density at radius 1 is 1.09 bits per heavy atom. The number of ether oxygens (including phenoxy) is 1. The van der Waals surface area contributed by atoms with Crippen LogP contribution in [0.25, 0.3) is 0 Å². The van der Waals surface area contributed by atoms with Crippen molar-refractivity contribution in [3.05, 3.63) is 64.2 Å². The lowest BCUT2D eigenvalue weighted by molar-refractivity contribution is -0.384. The minimum absolute atomic E-state index is 0.0777. The van der Waals surface area contributed by atoms with Crippen LogP contribution in [0.15, 0.2) is 48.5 Å². The minimum atomic E-state index is -0.866. The second-order valence-corrected chi connectivity index (χ2v) is 7.98. The summed E-state index contributed by atoms with van der Waals surface area (Å²) in [5.41, 5.74) is 1.20. The molecule has 172 valence electrons. The van der Waals surface area contributed by atoms with Crippen molar-refractivity contribution in [2.45, 2.75) is 18.6 Å². The lowest BCUT2D eigenvalue weighted by Gasteiger charge is -2.15. The molecule has 0 spiro atoms. The zero-order chi connectivity index (χ0) is 24.0. The Balaban J connectivity index is 1.52. The van der Waals surface area contributed by atoms with E-state index in [1.807, 2.05) is 0 Å². The highest BCUT2D eigenvalue weighted by Gasteiger charge is 2.40. The van der Waals surface area contributed by atoms with Gasteiger partial charge in [-0.1, -0.05) is 11.8 Å². The molecule has 1 atom stereocenters. The number of imide groups is 1. The first-order chi connectivity index (χ1) is 15.8. The summed E-state index contributed by atoms with van der Waals surface area (Å²) in [7, 11) is 0. The molecule has 0 radical (unpaired) electrons. The Morgan fingerprint density at radius 2 is 1.73 bits per heavy atom. The van der Waals surface area contributed by atoms with Gasteiger partial charge in [0.15, 0.2) is 0 Å². The van der Waals surface area contributed by atoms with E-state index in [-0.39, 0.29) is 25.4 Å². The van der Waals surface area contributed by atoms with Gasteiger partial charge in [-0.2, -0.15) is 0 Å². The first-order valence-electron chi connectivity index (χ1n) is 9.86. The monoisotopic (exact) mass is 472 g/mol. The van der Waals surface area contributed by atoms with Gasteiger partial charge in [-0.05, 0) is 43.3 Å². The summed E-state index contributed by atoms with van der Waals surface area (Å²) in [6, 6.07) is 11.6. The topological polar surface area (TPSA) is 148 Å². The van der Waals surface area contributed by atoms with Crippen molar-refractivity contribution >= 4 is 51.8 Å². The first-order valence-corrected chi connectivity index (χ1v) is 10.7. The molecule has 12 heteroatoms. The van der Waals surface area contributed by atoms with Gasteiger partial charge in [-0.25, -0.2) is 4.79 Å². The number of carbonyl (C=O) groups is 4. The smallest absolute Gasteiger partial charge is 0.338 e. The Hall–Kier alpha value is -3.93. The largest absolute Gasteiger partial charge is 0.462 e. The average Bonchev–Trinajstić information content (AvgIpc) is 3.05. The summed E-state index contributed by atoms with van der Waals surface area (Å²) in [5.74, 6) is -1.43. The van der Waals surface area contributed by atoms with Gasteiger partial charge in [0.05, 0.1) is 23.8 Å². The van der Waals surface area contributed by atoms with Crippen LogP contribution in [0, 0.1) is 10.1 Å². The molecule has 0 aromatic heterocycles. The zero-order valence-corrected chi connectivity index (χ0v) is 18.3. The number of nitrogens with one attached hydrogen (secondary N) is 2. The summed E-state index contributed by atoms with van der Waals surface area (Å²) in [6.45, 7) is 1.83. The number of hydrogen-bond acceptors (Lipinski definition) is 9. The number of benzene rings is 2. The fraction of sp³-hybridized carbons (Fsp3) is 0.238. The molecule has 0 saturated carbocycles. The Bertz CT molecular complexity index is 1070. The zero-order valence-electron chi connectivity index (χ0n) is 17.5. The number of non-ortho nitro benzene ring substituents is 1. The van der Waals surface area contributed by atoms with E-state index in [1.165, 1.54) is 36.4 Å². The fourth-order valence-electron chi connectivity index (χ4n) is 2.93. The number of nitrogens with zero attached hydrogens (tertiary/aromatic N) is 2. The molecule has 2 aromatic carbocycles. The van der Waals surface area contributed by atoms with Crippen LogP contribution in [0.3, 0.4) is 0 Å². The third kappa shape index (κ3) is 6.07. The molecular formula is C21H20N4O7S. The maximum Gasteiger partial charge on any atom is 0.338 e. The summed E-state index contributed by atoms with van der Waals surface area (Å²) in [6.07, 6.45) is -0.205. The summed E-state index contributed by atoms with van der Waals surface area (Å²) in [5, 5.41) is 14.8. The molecule has 2 aromatic rings. The van der Waals surface area contributed by atoms with Gasteiger partial charge in [0.25, 0.3) is 10.9 Å². The van der Waals surface area contributed by atoms with Crippen molar-refractivity contribution in [1.29, 1.82) is 0 Å².